The van der Waals surface area contributed by atoms with Crippen molar-refractivity contribution in [3.05, 3.63) is 59.6 Å². The summed E-state index contributed by atoms with van der Waals surface area (Å²) in [6.45, 7) is 2.45. The van der Waals surface area contributed by atoms with Crippen molar-refractivity contribution >= 4 is 16.7 Å². The van der Waals surface area contributed by atoms with Gasteiger partial charge in [-0.15, -0.1) is 0 Å². The van der Waals surface area contributed by atoms with Crippen molar-refractivity contribution in [2.24, 2.45) is 0 Å². The summed E-state index contributed by atoms with van der Waals surface area (Å²) in [6, 6.07) is 12.0. The predicted molar refractivity (Wildman–Crippen MR) is 76.3 cm³/mol. The van der Waals surface area contributed by atoms with Crippen LogP contribution in [-0.2, 0) is 6.54 Å². The molecule has 3 rings (SSSR count). The average Bonchev–Trinajstić information content (AvgIpc) is 2.76. The average molecular weight is 271 g/mol. The molecule has 2 N–H and O–H groups in total. The fourth-order valence-electron chi connectivity index (χ4n) is 2.25. The molecule has 0 amide bonds. The molecule has 20 heavy (non-hydrogen) atoms. The molecule has 3 aromatic rings. The van der Waals surface area contributed by atoms with Crippen LogP contribution in [0.3, 0.4) is 0 Å². The smallest absolute Gasteiger partial charge is 0.166 e. The first kappa shape index (κ1) is 12.5. The van der Waals surface area contributed by atoms with Crippen molar-refractivity contribution in [2.45, 2.75) is 13.5 Å². The van der Waals surface area contributed by atoms with Gasteiger partial charge in [-0.05, 0) is 25.1 Å². The number of furan rings is 1. The molecular formula is C16H14FNO2. The van der Waals surface area contributed by atoms with E-state index in [1.54, 1.807) is 6.07 Å². The lowest BCUT2D eigenvalue weighted by molar-refractivity contribution is 0.432. The first-order valence-corrected chi connectivity index (χ1v) is 6.34. The van der Waals surface area contributed by atoms with E-state index in [0.29, 0.717) is 12.2 Å². The Bertz CT molecular complexity index is 764. The quantitative estimate of drug-likeness (QED) is 0.702. The van der Waals surface area contributed by atoms with Crippen LogP contribution >= 0.6 is 0 Å². The van der Waals surface area contributed by atoms with Gasteiger partial charge in [0, 0.05) is 29.2 Å². The largest absolute Gasteiger partial charge is 0.505 e. The second kappa shape index (κ2) is 4.89. The summed E-state index contributed by atoms with van der Waals surface area (Å²) in [7, 11) is 0. The third-order valence-corrected chi connectivity index (χ3v) is 3.32. The number of phenolic OH excluding ortho intramolecular Hbond substituents is 1. The highest BCUT2D eigenvalue weighted by molar-refractivity contribution is 5.82. The molecule has 1 heterocycles. The number of hydrogen-bond acceptors (Lipinski definition) is 3. The number of fused-ring (bicyclic) bond motifs is 1. The Balaban J connectivity index is 1.86. The third-order valence-electron chi connectivity index (χ3n) is 3.32. The number of aromatic hydroxyl groups is 1. The highest BCUT2D eigenvalue weighted by atomic mass is 19.1. The molecule has 4 heteroatoms. The van der Waals surface area contributed by atoms with Gasteiger partial charge in [0.05, 0.1) is 0 Å². The van der Waals surface area contributed by atoms with E-state index in [0.717, 1.165) is 22.3 Å². The van der Waals surface area contributed by atoms with Crippen LogP contribution in [0.5, 0.6) is 5.75 Å². The second-order valence-corrected chi connectivity index (χ2v) is 4.65. The van der Waals surface area contributed by atoms with Gasteiger partial charge < -0.3 is 14.8 Å². The number of aryl methyl sites for hydroxylation is 1. The number of hydrogen-bond donors (Lipinski definition) is 2. The van der Waals surface area contributed by atoms with Crippen LogP contribution in [-0.4, -0.2) is 5.11 Å². The lowest BCUT2D eigenvalue weighted by atomic mass is 10.1. The number of halogens is 1. The van der Waals surface area contributed by atoms with Gasteiger partial charge >= 0.3 is 0 Å². The molecule has 0 unspecified atom stereocenters. The van der Waals surface area contributed by atoms with Gasteiger partial charge in [-0.3, -0.25) is 0 Å². The van der Waals surface area contributed by atoms with E-state index in [9.17, 15) is 4.39 Å². The van der Waals surface area contributed by atoms with Gasteiger partial charge in [0.25, 0.3) is 0 Å². The minimum Gasteiger partial charge on any atom is -0.505 e. The maximum atomic E-state index is 13.3. The molecule has 2 aromatic carbocycles. The molecule has 0 aliphatic heterocycles. The van der Waals surface area contributed by atoms with Crippen LogP contribution in [0.2, 0.25) is 0 Å². The minimum atomic E-state index is -0.635. The van der Waals surface area contributed by atoms with Crippen LogP contribution in [0, 0.1) is 12.7 Å². The van der Waals surface area contributed by atoms with Gasteiger partial charge in [0.15, 0.2) is 11.6 Å². The summed E-state index contributed by atoms with van der Waals surface area (Å²) in [4.78, 5) is 0. The van der Waals surface area contributed by atoms with Crippen LogP contribution < -0.4 is 5.32 Å². The first-order chi connectivity index (χ1) is 9.65. The summed E-state index contributed by atoms with van der Waals surface area (Å²) >= 11 is 0. The Labute approximate surface area is 115 Å². The Morgan fingerprint density at radius 3 is 2.80 bits per heavy atom. The topological polar surface area (TPSA) is 45.4 Å². The van der Waals surface area contributed by atoms with Gasteiger partial charge in [-0.25, -0.2) is 4.39 Å². The Morgan fingerprint density at radius 2 is 2.00 bits per heavy atom. The van der Waals surface area contributed by atoms with Crippen LogP contribution in [0.25, 0.3) is 11.0 Å². The summed E-state index contributed by atoms with van der Waals surface area (Å²) in [6.07, 6.45) is 0. The predicted octanol–water partition coefficient (Wildman–Crippen LogP) is 4.20. The van der Waals surface area contributed by atoms with Crippen molar-refractivity contribution in [1.82, 2.24) is 0 Å². The summed E-state index contributed by atoms with van der Waals surface area (Å²) < 4.78 is 18.9. The van der Waals surface area contributed by atoms with Gasteiger partial charge in [0.2, 0.25) is 0 Å². The SMILES string of the molecule is Cc1oc2ccccc2c1CNc1ccc(O)c(F)c1. The molecule has 1 aromatic heterocycles. The fourth-order valence-corrected chi connectivity index (χ4v) is 2.25. The monoisotopic (exact) mass is 271 g/mol. The zero-order valence-electron chi connectivity index (χ0n) is 11.0. The summed E-state index contributed by atoms with van der Waals surface area (Å²) in [5.74, 6) is -0.137. The van der Waals surface area contributed by atoms with E-state index in [1.165, 1.54) is 12.1 Å². The number of anilines is 1. The van der Waals surface area contributed by atoms with E-state index in [-0.39, 0.29) is 5.75 Å². The van der Waals surface area contributed by atoms with Gasteiger partial charge in [0.1, 0.15) is 11.3 Å². The van der Waals surface area contributed by atoms with Crippen molar-refractivity contribution in [3.8, 4) is 5.75 Å². The molecule has 0 saturated carbocycles. The zero-order valence-corrected chi connectivity index (χ0v) is 11.0. The van der Waals surface area contributed by atoms with Gasteiger partial charge in [-0.1, -0.05) is 18.2 Å². The Morgan fingerprint density at radius 1 is 1.20 bits per heavy atom. The highest BCUT2D eigenvalue weighted by Gasteiger charge is 2.10. The van der Waals surface area contributed by atoms with Crippen LogP contribution in [0.1, 0.15) is 11.3 Å². The molecule has 102 valence electrons. The van der Waals surface area contributed by atoms with Crippen LogP contribution in [0.4, 0.5) is 10.1 Å². The zero-order chi connectivity index (χ0) is 14.1. The third kappa shape index (κ3) is 2.20. The lowest BCUT2D eigenvalue weighted by Gasteiger charge is -2.07. The first-order valence-electron chi connectivity index (χ1n) is 6.34. The number of nitrogens with one attached hydrogen (secondary N) is 1. The van der Waals surface area contributed by atoms with E-state index in [1.807, 2.05) is 31.2 Å². The Kier molecular flexibility index (Phi) is 3.06. The van der Waals surface area contributed by atoms with E-state index in [4.69, 9.17) is 9.52 Å². The van der Waals surface area contributed by atoms with E-state index < -0.39 is 5.82 Å². The Hall–Kier alpha value is -2.49. The maximum Gasteiger partial charge on any atom is 0.166 e. The van der Waals surface area contributed by atoms with Gasteiger partial charge in [-0.2, -0.15) is 0 Å². The minimum absolute atomic E-state index is 0.347. The molecule has 3 nitrogen and oxygen atoms in total. The molecule has 0 atom stereocenters. The molecule has 0 aliphatic carbocycles. The standard InChI is InChI=1S/C16H14FNO2/c1-10-13(12-4-2-3-5-16(12)20-10)9-18-11-6-7-15(19)14(17)8-11/h2-8,18-19H,9H2,1H3. The lowest BCUT2D eigenvalue weighted by Crippen LogP contribution is -2.00. The number of benzene rings is 2. The summed E-state index contributed by atoms with van der Waals surface area (Å²) in [5.41, 5.74) is 2.51. The molecule has 0 saturated heterocycles. The van der Waals surface area contributed by atoms with Crippen molar-refractivity contribution in [3.63, 3.8) is 0 Å². The molecular weight excluding hydrogens is 257 g/mol. The van der Waals surface area contributed by atoms with E-state index >= 15 is 0 Å². The molecule has 0 fully saturated rings. The second-order valence-electron chi connectivity index (χ2n) is 4.65. The van der Waals surface area contributed by atoms with Crippen LogP contribution in [0.15, 0.2) is 46.9 Å². The van der Waals surface area contributed by atoms with Crippen molar-refractivity contribution in [1.29, 1.82) is 0 Å². The molecule has 0 bridgehead atoms. The van der Waals surface area contributed by atoms with E-state index in [2.05, 4.69) is 5.32 Å². The normalized spacial score (nSPS) is 10.9. The summed E-state index contributed by atoms with van der Waals surface area (Å²) in [5, 5.41) is 13.4. The number of para-hydroxylation sites is 1. The van der Waals surface area contributed by atoms with Crippen molar-refractivity contribution < 1.29 is 13.9 Å². The molecule has 0 radical (unpaired) electrons. The highest BCUT2D eigenvalue weighted by Crippen LogP contribution is 2.26. The number of rotatable bonds is 3. The number of phenols is 1. The maximum absolute atomic E-state index is 13.3. The van der Waals surface area contributed by atoms with Crippen molar-refractivity contribution in [2.75, 3.05) is 5.32 Å². The fraction of sp³-hybridized carbons (Fsp3) is 0.125. The molecule has 0 spiro atoms. The molecule has 0 aliphatic rings.